The molecule has 1 rings (SSSR count). The molecule has 17 heavy (non-hydrogen) atoms. The molecule has 0 spiro atoms. The second-order valence-corrected chi connectivity index (χ2v) is 5.87. The molecule has 1 heterocycles. The van der Waals surface area contributed by atoms with Crippen molar-refractivity contribution in [3.05, 3.63) is 10.0 Å². The van der Waals surface area contributed by atoms with E-state index in [1.807, 2.05) is 13.8 Å². The summed E-state index contributed by atoms with van der Waals surface area (Å²) in [7, 11) is 0. The van der Waals surface area contributed by atoms with Gasteiger partial charge in [-0.05, 0) is 13.8 Å². The van der Waals surface area contributed by atoms with E-state index in [1.165, 1.54) is 23.1 Å². The van der Waals surface area contributed by atoms with Crippen LogP contribution in [-0.4, -0.2) is 39.7 Å². The van der Waals surface area contributed by atoms with E-state index in [1.54, 1.807) is 4.90 Å². The van der Waals surface area contributed by atoms with Crippen molar-refractivity contribution in [2.75, 3.05) is 18.8 Å². The molecule has 0 aliphatic rings. The SMILES string of the molecule is CCN(CC)C(=O)CSc1nc(Cl)c(CO)s1. The first-order valence-corrected chi connectivity index (χ1v) is 7.47. The smallest absolute Gasteiger partial charge is 0.232 e. The molecule has 1 aromatic heterocycles. The van der Waals surface area contributed by atoms with Crippen LogP contribution in [0.5, 0.6) is 0 Å². The first-order valence-electron chi connectivity index (χ1n) is 5.28. The maximum atomic E-state index is 11.7. The molecule has 96 valence electrons. The van der Waals surface area contributed by atoms with Gasteiger partial charge in [0.2, 0.25) is 5.91 Å². The number of nitrogens with zero attached hydrogens (tertiary/aromatic N) is 2. The van der Waals surface area contributed by atoms with Crippen LogP contribution in [0.1, 0.15) is 18.7 Å². The van der Waals surface area contributed by atoms with Crippen LogP contribution in [-0.2, 0) is 11.4 Å². The molecule has 0 aliphatic carbocycles. The third-order valence-electron chi connectivity index (χ3n) is 2.21. The monoisotopic (exact) mass is 294 g/mol. The normalized spacial score (nSPS) is 10.6. The minimum Gasteiger partial charge on any atom is -0.391 e. The summed E-state index contributed by atoms with van der Waals surface area (Å²) >= 11 is 8.49. The molecule has 0 radical (unpaired) electrons. The third kappa shape index (κ3) is 4.13. The molecule has 1 N–H and O–H groups in total. The zero-order valence-corrected chi connectivity index (χ0v) is 12.2. The molecule has 1 amide bonds. The van der Waals surface area contributed by atoms with Gasteiger partial charge >= 0.3 is 0 Å². The molecule has 0 bridgehead atoms. The van der Waals surface area contributed by atoms with Crippen LogP contribution < -0.4 is 0 Å². The molecule has 0 saturated carbocycles. The van der Waals surface area contributed by atoms with Gasteiger partial charge in [0.1, 0.15) is 5.15 Å². The van der Waals surface area contributed by atoms with Gasteiger partial charge in [-0.25, -0.2) is 4.98 Å². The van der Waals surface area contributed by atoms with Crippen LogP contribution in [0.25, 0.3) is 0 Å². The second kappa shape index (κ2) is 7.20. The predicted octanol–water partition coefficient (Wildman–Crippen LogP) is 2.25. The number of rotatable bonds is 6. The summed E-state index contributed by atoms with van der Waals surface area (Å²) in [5, 5.41) is 9.30. The van der Waals surface area contributed by atoms with Crippen molar-refractivity contribution in [3.8, 4) is 0 Å². The molecule has 0 unspecified atom stereocenters. The van der Waals surface area contributed by atoms with E-state index < -0.39 is 0 Å². The van der Waals surface area contributed by atoms with Crippen LogP contribution in [0.2, 0.25) is 5.15 Å². The van der Waals surface area contributed by atoms with Crippen LogP contribution in [0.4, 0.5) is 0 Å². The van der Waals surface area contributed by atoms with E-state index in [0.29, 0.717) is 15.8 Å². The number of thioether (sulfide) groups is 1. The molecule has 1 aromatic rings. The fourth-order valence-corrected chi connectivity index (χ4v) is 3.47. The van der Waals surface area contributed by atoms with Crippen molar-refractivity contribution in [2.24, 2.45) is 0 Å². The van der Waals surface area contributed by atoms with Crippen molar-refractivity contribution < 1.29 is 9.90 Å². The number of carbonyl (C=O) groups excluding carboxylic acids is 1. The Bertz CT molecular complexity index is 380. The maximum Gasteiger partial charge on any atom is 0.232 e. The van der Waals surface area contributed by atoms with Gasteiger partial charge in [-0.3, -0.25) is 4.79 Å². The quantitative estimate of drug-likeness (QED) is 0.818. The molecule has 0 aliphatic heterocycles. The lowest BCUT2D eigenvalue weighted by Gasteiger charge is -2.17. The number of hydrogen-bond acceptors (Lipinski definition) is 5. The number of amides is 1. The van der Waals surface area contributed by atoms with Gasteiger partial charge in [-0.2, -0.15) is 0 Å². The highest BCUT2D eigenvalue weighted by atomic mass is 35.5. The fraction of sp³-hybridized carbons (Fsp3) is 0.600. The highest BCUT2D eigenvalue weighted by Gasteiger charge is 2.13. The second-order valence-electron chi connectivity index (χ2n) is 3.21. The molecule has 0 aromatic carbocycles. The van der Waals surface area contributed by atoms with Gasteiger partial charge in [0.15, 0.2) is 4.34 Å². The first-order chi connectivity index (χ1) is 8.12. The van der Waals surface area contributed by atoms with Gasteiger partial charge in [-0.15, -0.1) is 11.3 Å². The number of halogens is 1. The van der Waals surface area contributed by atoms with Gasteiger partial charge in [0, 0.05) is 13.1 Å². The van der Waals surface area contributed by atoms with Crippen LogP contribution in [0, 0.1) is 0 Å². The predicted molar refractivity (Wildman–Crippen MR) is 71.7 cm³/mol. The van der Waals surface area contributed by atoms with Gasteiger partial charge in [0.05, 0.1) is 17.2 Å². The van der Waals surface area contributed by atoms with Crippen molar-refractivity contribution in [1.29, 1.82) is 0 Å². The molecule has 0 fully saturated rings. The maximum absolute atomic E-state index is 11.7. The van der Waals surface area contributed by atoms with Crippen molar-refractivity contribution >= 4 is 40.6 Å². The largest absolute Gasteiger partial charge is 0.391 e. The van der Waals surface area contributed by atoms with E-state index in [9.17, 15) is 4.79 Å². The van der Waals surface area contributed by atoms with E-state index >= 15 is 0 Å². The van der Waals surface area contributed by atoms with Gasteiger partial charge < -0.3 is 10.0 Å². The summed E-state index contributed by atoms with van der Waals surface area (Å²) in [6.45, 7) is 5.24. The lowest BCUT2D eigenvalue weighted by atomic mass is 10.5. The first kappa shape index (κ1) is 14.8. The standard InChI is InChI=1S/C10H15ClN2O2S2/c1-3-13(4-2)8(15)6-16-10-12-9(11)7(5-14)17-10/h14H,3-6H2,1-2H3. The highest BCUT2D eigenvalue weighted by molar-refractivity contribution is 8.01. The van der Waals surface area contributed by atoms with Gasteiger partial charge in [0.25, 0.3) is 0 Å². The Labute approximate surface area is 114 Å². The van der Waals surface area contributed by atoms with E-state index in [2.05, 4.69) is 4.98 Å². The van der Waals surface area contributed by atoms with Crippen molar-refractivity contribution in [3.63, 3.8) is 0 Å². The Balaban J connectivity index is 2.52. The number of carbonyl (C=O) groups is 1. The minimum atomic E-state index is -0.110. The van der Waals surface area contributed by atoms with Crippen molar-refractivity contribution in [2.45, 2.75) is 24.8 Å². The summed E-state index contributed by atoms with van der Waals surface area (Å²) < 4.78 is 0.722. The lowest BCUT2D eigenvalue weighted by Crippen LogP contribution is -2.31. The van der Waals surface area contributed by atoms with Crippen molar-refractivity contribution in [1.82, 2.24) is 9.88 Å². The summed E-state index contributed by atoms with van der Waals surface area (Å²) in [6, 6.07) is 0. The summed E-state index contributed by atoms with van der Waals surface area (Å²) in [6.07, 6.45) is 0. The average Bonchev–Trinajstić information content (AvgIpc) is 2.69. The molecular formula is C10H15ClN2O2S2. The molecule has 7 heteroatoms. The summed E-state index contributed by atoms with van der Waals surface area (Å²) in [5.41, 5.74) is 0. The summed E-state index contributed by atoms with van der Waals surface area (Å²) in [4.78, 5) is 18.2. The Hall–Kier alpha value is -0.300. The Kier molecular flexibility index (Phi) is 6.26. The number of aliphatic hydroxyl groups is 1. The topological polar surface area (TPSA) is 53.4 Å². The number of aromatic nitrogens is 1. The molecule has 0 saturated heterocycles. The number of thiazole rings is 1. The van der Waals surface area contributed by atoms with Gasteiger partial charge in [-0.1, -0.05) is 23.4 Å². The fourth-order valence-electron chi connectivity index (χ4n) is 1.26. The molecule has 0 atom stereocenters. The zero-order valence-electron chi connectivity index (χ0n) is 9.77. The third-order valence-corrected chi connectivity index (χ3v) is 4.80. The van der Waals surface area contributed by atoms with Crippen LogP contribution in [0.3, 0.4) is 0 Å². The Morgan fingerprint density at radius 2 is 2.18 bits per heavy atom. The zero-order chi connectivity index (χ0) is 12.8. The highest BCUT2D eigenvalue weighted by Crippen LogP contribution is 2.30. The molecular weight excluding hydrogens is 280 g/mol. The lowest BCUT2D eigenvalue weighted by molar-refractivity contribution is -0.127. The Morgan fingerprint density at radius 1 is 1.53 bits per heavy atom. The number of hydrogen-bond donors (Lipinski definition) is 1. The van der Waals surface area contributed by atoms with E-state index in [4.69, 9.17) is 16.7 Å². The Morgan fingerprint density at radius 3 is 2.65 bits per heavy atom. The van der Waals surface area contributed by atoms with Crippen LogP contribution >= 0.6 is 34.7 Å². The number of aliphatic hydroxyl groups excluding tert-OH is 1. The van der Waals surface area contributed by atoms with Crippen LogP contribution in [0.15, 0.2) is 4.34 Å². The average molecular weight is 295 g/mol. The van der Waals surface area contributed by atoms with E-state index in [0.717, 1.165) is 17.4 Å². The van der Waals surface area contributed by atoms with E-state index in [-0.39, 0.29) is 12.5 Å². The minimum absolute atomic E-state index is 0.0943. The molecule has 4 nitrogen and oxygen atoms in total. The summed E-state index contributed by atoms with van der Waals surface area (Å²) in [5.74, 6) is 0.452.